The summed E-state index contributed by atoms with van der Waals surface area (Å²) in [6, 6.07) is 26.4. The summed E-state index contributed by atoms with van der Waals surface area (Å²) in [5.41, 5.74) is 2.15. The quantitative estimate of drug-likeness (QED) is 0.718. The SMILES string of the molecule is O=C(NC1CC2CCC(C1)N2Cc1ccccc1)c1ccc2ccccc2c1. The first kappa shape index (κ1) is 17.4. The van der Waals surface area contributed by atoms with Crippen LogP contribution in [0.5, 0.6) is 0 Å². The number of rotatable bonds is 4. The van der Waals surface area contributed by atoms with E-state index in [0.717, 1.165) is 30.3 Å². The number of piperidine rings is 1. The predicted molar refractivity (Wildman–Crippen MR) is 113 cm³/mol. The summed E-state index contributed by atoms with van der Waals surface area (Å²) in [6.45, 7) is 1.03. The van der Waals surface area contributed by atoms with Crippen LogP contribution in [-0.4, -0.2) is 28.9 Å². The van der Waals surface area contributed by atoms with Gasteiger partial charge in [-0.15, -0.1) is 0 Å². The van der Waals surface area contributed by atoms with E-state index in [-0.39, 0.29) is 11.9 Å². The summed E-state index contributed by atoms with van der Waals surface area (Å²) in [6.07, 6.45) is 4.62. The monoisotopic (exact) mass is 370 g/mol. The Balaban J connectivity index is 1.25. The molecule has 1 amide bonds. The molecule has 28 heavy (non-hydrogen) atoms. The lowest BCUT2D eigenvalue weighted by Gasteiger charge is -2.39. The van der Waals surface area contributed by atoms with E-state index in [2.05, 4.69) is 52.7 Å². The van der Waals surface area contributed by atoms with E-state index in [9.17, 15) is 4.79 Å². The molecule has 142 valence electrons. The first-order chi connectivity index (χ1) is 13.8. The summed E-state index contributed by atoms with van der Waals surface area (Å²) in [5.74, 6) is 0.0617. The lowest BCUT2D eigenvalue weighted by atomic mass is 9.96. The normalized spacial score (nSPS) is 24.4. The molecule has 2 heterocycles. The van der Waals surface area contributed by atoms with Crippen molar-refractivity contribution in [1.82, 2.24) is 10.2 Å². The highest BCUT2D eigenvalue weighted by Crippen LogP contribution is 2.37. The first-order valence-corrected chi connectivity index (χ1v) is 10.4. The van der Waals surface area contributed by atoms with Crippen LogP contribution in [0.25, 0.3) is 10.8 Å². The zero-order valence-corrected chi connectivity index (χ0v) is 16.1. The molecule has 0 radical (unpaired) electrons. The summed E-state index contributed by atoms with van der Waals surface area (Å²) in [7, 11) is 0. The number of nitrogens with one attached hydrogen (secondary N) is 1. The minimum Gasteiger partial charge on any atom is -0.349 e. The van der Waals surface area contributed by atoms with Crippen LogP contribution in [0.1, 0.15) is 41.6 Å². The largest absolute Gasteiger partial charge is 0.349 e. The van der Waals surface area contributed by atoms with Crippen molar-refractivity contribution in [3.63, 3.8) is 0 Å². The summed E-state index contributed by atoms with van der Waals surface area (Å²) < 4.78 is 0. The highest BCUT2D eigenvalue weighted by atomic mass is 16.1. The van der Waals surface area contributed by atoms with Crippen molar-refractivity contribution in [1.29, 1.82) is 0 Å². The molecule has 3 heteroatoms. The molecular formula is C25H26N2O. The van der Waals surface area contributed by atoms with E-state index >= 15 is 0 Å². The van der Waals surface area contributed by atoms with Crippen molar-refractivity contribution in [3.8, 4) is 0 Å². The van der Waals surface area contributed by atoms with Gasteiger partial charge >= 0.3 is 0 Å². The molecular weight excluding hydrogens is 344 g/mol. The Morgan fingerprint density at radius 3 is 2.29 bits per heavy atom. The number of carbonyl (C=O) groups excluding carboxylic acids is 1. The van der Waals surface area contributed by atoms with Gasteiger partial charge in [-0.2, -0.15) is 0 Å². The van der Waals surface area contributed by atoms with E-state index in [1.54, 1.807) is 0 Å². The van der Waals surface area contributed by atoms with Crippen molar-refractivity contribution < 1.29 is 4.79 Å². The minimum absolute atomic E-state index is 0.0617. The van der Waals surface area contributed by atoms with Gasteiger partial charge in [0.05, 0.1) is 0 Å². The van der Waals surface area contributed by atoms with Gasteiger partial charge in [0, 0.05) is 30.2 Å². The maximum absolute atomic E-state index is 12.8. The predicted octanol–water partition coefficient (Wildman–Crippen LogP) is 4.77. The van der Waals surface area contributed by atoms with Gasteiger partial charge in [-0.25, -0.2) is 0 Å². The first-order valence-electron chi connectivity index (χ1n) is 10.4. The highest BCUT2D eigenvalue weighted by molar-refractivity contribution is 5.98. The van der Waals surface area contributed by atoms with E-state index in [1.807, 2.05) is 30.3 Å². The van der Waals surface area contributed by atoms with Gasteiger partial charge in [0.1, 0.15) is 0 Å². The summed E-state index contributed by atoms with van der Waals surface area (Å²) >= 11 is 0. The standard InChI is InChI=1S/C25H26N2O/c28-25(21-11-10-19-8-4-5-9-20(19)14-21)26-22-15-23-12-13-24(16-22)27(23)17-18-6-2-1-3-7-18/h1-11,14,22-24H,12-13,15-17H2,(H,26,28). The third kappa shape index (κ3) is 3.43. The lowest BCUT2D eigenvalue weighted by Crippen LogP contribution is -2.49. The topological polar surface area (TPSA) is 32.3 Å². The molecule has 2 saturated heterocycles. The van der Waals surface area contributed by atoms with Gasteiger partial charge in [-0.05, 0) is 54.2 Å². The Kier molecular flexibility index (Phi) is 4.61. The molecule has 2 bridgehead atoms. The number of hydrogen-bond acceptors (Lipinski definition) is 2. The van der Waals surface area contributed by atoms with Crippen LogP contribution < -0.4 is 5.32 Å². The van der Waals surface area contributed by atoms with Crippen LogP contribution in [-0.2, 0) is 6.54 Å². The van der Waals surface area contributed by atoms with E-state index in [4.69, 9.17) is 0 Å². The van der Waals surface area contributed by atoms with Gasteiger partial charge in [-0.1, -0.05) is 60.7 Å². The molecule has 2 fully saturated rings. The lowest BCUT2D eigenvalue weighted by molar-refractivity contribution is 0.0828. The minimum atomic E-state index is 0.0617. The Hall–Kier alpha value is -2.65. The van der Waals surface area contributed by atoms with Gasteiger partial charge in [0.15, 0.2) is 0 Å². The number of carbonyl (C=O) groups is 1. The Morgan fingerprint density at radius 1 is 0.857 bits per heavy atom. The van der Waals surface area contributed by atoms with E-state index in [1.165, 1.54) is 23.8 Å². The Bertz CT molecular complexity index is 970. The Labute approximate surface area is 166 Å². The number of benzene rings is 3. The molecule has 2 aliphatic rings. The molecule has 2 aliphatic heterocycles. The zero-order chi connectivity index (χ0) is 18.9. The van der Waals surface area contributed by atoms with Gasteiger partial charge in [0.2, 0.25) is 0 Å². The molecule has 3 nitrogen and oxygen atoms in total. The van der Waals surface area contributed by atoms with E-state index < -0.39 is 0 Å². The Morgan fingerprint density at radius 2 is 1.54 bits per heavy atom. The summed E-state index contributed by atoms with van der Waals surface area (Å²) in [5, 5.41) is 5.61. The fourth-order valence-electron chi connectivity index (χ4n) is 5.04. The van der Waals surface area contributed by atoms with Crippen LogP contribution in [0.3, 0.4) is 0 Å². The number of hydrogen-bond donors (Lipinski definition) is 1. The smallest absolute Gasteiger partial charge is 0.251 e. The summed E-state index contributed by atoms with van der Waals surface area (Å²) in [4.78, 5) is 15.5. The molecule has 2 unspecified atom stereocenters. The molecule has 1 N–H and O–H groups in total. The third-order valence-corrected chi connectivity index (χ3v) is 6.44. The van der Waals surface area contributed by atoms with Gasteiger partial charge in [0.25, 0.3) is 5.91 Å². The maximum atomic E-state index is 12.8. The van der Waals surface area contributed by atoms with Crippen molar-refractivity contribution in [2.75, 3.05) is 0 Å². The van der Waals surface area contributed by atoms with Crippen molar-refractivity contribution >= 4 is 16.7 Å². The van der Waals surface area contributed by atoms with Crippen molar-refractivity contribution in [2.24, 2.45) is 0 Å². The second-order valence-corrected chi connectivity index (χ2v) is 8.25. The number of fused-ring (bicyclic) bond motifs is 3. The van der Waals surface area contributed by atoms with Gasteiger partial charge < -0.3 is 5.32 Å². The number of nitrogens with zero attached hydrogens (tertiary/aromatic N) is 1. The van der Waals surface area contributed by atoms with Crippen molar-refractivity contribution in [3.05, 3.63) is 83.9 Å². The average molecular weight is 370 g/mol. The molecule has 3 aromatic carbocycles. The molecule has 0 aliphatic carbocycles. The fraction of sp³-hybridized carbons (Fsp3) is 0.320. The van der Waals surface area contributed by atoms with Crippen LogP contribution in [0, 0.1) is 0 Å². The van der Waals surface area contributed by atoms with Crippen LogP contribution >= 0.6 is 0 Å². The molecule has 3 aromatic rings. The second-order valence-electron chi connectivity index (χ2n) is 8.25. The molecule has 5 rings (SSSR count). The molecule has 0 saturated carbocycles. The van der Waals surface area contributed by atoms with Crippen LogP contribution in [0.4, 0.5) is 0 Å². The van der Waals surface area contributed by atoms with Crippen LogP contribution in [0.15, 0.2) is 72.8 Å². The zero-order valence-electron chi connectivity index (χ0n) is 16.1. The highest BCUT2D eigenvalue weighted by Gasteiger charge is 2.40. The van der Waals surface area contributed by atoms with Crippen LogP contribution in [0.2, 0.25) is 0 Å². The fourth-order valence-corrected chi connectivity index (χ4v) is 5.04. The molecule has 2 atom stereocenters. The molecule has 0 aromatic heterocycles. The second kappa shape index (κ2) is 7.40. The average Bonchev–Trinajstić information content (AvgIpc) is 2.96. The number of amides is 1. The van der Waals surface area contributed by atoms with E-state index in [0.29, 0.717) is 12.1 Å². The van der Waals surface area contributed by atoms with Gasteiger partial charge in [-0.3, -0.25) is 9.69 Å². The maximum Gasteiger partial charge on any atom is 0.251 e. The molecule has 0 spiro atoms. The van der Waals surface area contributed by atoms with Crippen molar-refractivity contribution in [2.45, 2.75) is 50.4 Å². The third-order valence-electron chi connectivity index (χ3n) is 6.44.